The molecule has 100 valence electrons. The van der Waals surface area contributed by atoms with Crippen molar-refractivity contribution in [2.45, 2.75) is 18.9 Å². The molecule has 0 amide bonds. The van der Waals surface area contributed by atoms with Crippen molar-refractivity contribution in [1.82, 2.24) is 14.9 Å². The smallest absolute Gasteiger partial charge is 0.194 e. The lowest BCUT2D eigenvalue weighted by Gasteiger charge is -2.14. The molecule has 19 heavy (non-hydrogen) atoms. The van der Waals surface area contributed by atoms with Crippen LogP contribution >= 0.6 is 0 Å². The van der Waals surface area contributed by atoms with Gasteiger partial charge in [0.25, 0.3) is 0 Å². The largest absolute Gasteiger partial charge is 0.309 e. The summed E-state index contributed by atoms with van der Waals surface area (Å²) >= 11 is 0. The Bertz CT molecular complexity index is 580. The minimum absolute atomic E-state index is 0.110. The van der Waals surface area contributed by atoms with Gasteiger partial charge in [-0.2, -0.15) is 0 Å². The van der Waals surface area contributed by atoms with Gasteiger partial charge in [0, 0.05) is 18.2 Å². The number of nitrogens with zero attached hydrogens (tertiary/aromatic N) is 2. The Labute approximate surface area is 108 Å². The summed E-state index contributed by atoms with van der Waals surface area (Å²) in [4.78, 5) is 4.01. The van der Waals surface area contributed by atoms with Crippen molar-refractivity contribution in [3.05, 3.63) is 47.8 Å². The summed E-state index contributed by atoms with van der Waals surface area (Å²) in [6.45, 7) is 0.905. The van der Waals surface area contributed by atoms with E-state index in [1.54, 1.807) is 10.8 Å². The van der Waals surface area contributed by atoms with Crippen LogP contribution in [0.25, 0.3) is 5.69 Å². The number of rotatable bonds is 2. The summed E-state index contributed by atoms with van der Waals surface area (Å²) in [7, 11) is 0. The van der Waals surface area contributed by atoms with Gasteiger partial charge in [0.2, 0.25) is 0 Å². The second-order valence-corrected chi connectivity index (χ2v) is 4.56. The predicted octanol–water partition coefficient (Wildman–Crippen LogP) is 2.71. The Hall–Kier alpha value is -1.82. The first-order valence-electron chi connectivity index (χ1n) is 6.07. The standard InChI is InChI=1S/C13H12F3N3/c14-9-4-8(5-10(15)13(9)16)19-7-17-6-12(19)11-2-1-3-18-11/h4-7,11,18H,1-3H2. The lowest BCUT2D eigenvalue weighted by molar-refractivity contribution is 0.446. The number of hydrogen-bond donors (Lipinski definition) is 1. The maximum absolute atomic E-state index is 13.3. The van der Waals surface area contributed by atoms with Crippen LogP contribution < -0.4 is 5.32 Å². The van der Waals surface area contributed by atoms with Gasteiger partial charge in [-0.05, 0) is 19.4 Å². The third-order valence-electron chi connectivity index (χ3n) is 3.33. The van der Waals surface area contributed by atoms with E-state index in [1.165, 1.54) is 6.33 Å². The molecule has 1 aliphatic heterocycles. The average molecular weight is 267 g/mol. The molecule has 0 aliphatic carbocycles. The van der Waals surface area contributed by atoms with E-state index in [1.807, 2.05) is 0 Å². The lowest BCUT2D eigenvalue weighted by Crippen LogP contribution is -2.16. The Kier molecular flexibility index (Phi) is 3.02. The second-order valence-electron chi connectivity index (χ2n) is 4.56. The number of nitrogens with one attached hydrogen (secondary N) is 1. The molecule has 0 bridgehead atoms. The number of imidazole rings is 1. The fourth-order valence-electron chi connectivity index (χ4n) is 2.40. The highest BCUT2D eigenvalue weighted by Gasteiger charge is 2.21. The Morgan fingerprint density at radius 1 is 1.21 bits per heavy atom. The first-order valence-corrected chi connectivity index (χ1v) is 6.07. The van der Waals surface area contributed by atoms with Crippen LogP contribution in [0, 0.1) is 17.5 Å². The van der Waals surface area contributed by atoms with Crippen molar-refractivity contribution in [2.75, 3.05) is 6.54 Å². The van der Waals surface area contributed by atoms with Gasteiger partial charge in [0.1, 0.15) is 0 Å². The highest BCUT2D eigenvalue weighted by molar-refractivity contribution is 5.36. The van der Waals surface area contributed by atoms with Gasteiger partial charge >= 0.3 is 0 Å². The monoisotopic (exact) mass is 267 g/mol. The van der Waals surface area contributed by atoms with E-state index >= 15 is 0 Å². The molecule has 1 fully saturated rings. The van der Waals surface area contributed by atoms with E-state index in [0.717, 1.165) is 37.2 Å². The van der Waals surface area contributed by atoms with Gasteiger partial charge in [-0.1, -0.05) is 0 Å². The lowest BCUT2D eigenvalue weighted by atomic mass is 10.1. The average Bonchev–Trinajstić information content (AvgIpc) is 3.04. The Morgan fingerprint density at radius 2 is 1.95 bits per heavy atom. The maximum Gasteiger partial charge on any atom is 0.194 e. The van der Waals surface area contributed by atoms with Crippen LogP contribution in [-0.4, -0.2) is 16.1 Å². The van der Waals surface area contributed by atoms with Gasteiger partial charge in [-0.15, -0.1) is 0 Å². The van der Waals surface area contributed by atoms with E-state index in [4.69, 9.17) is 0 Å². The molecule has 2 aromatic rings. The molecule has 3 nitrogen and oxygen atoms in total. The van der Waals surface area contributed by atoms with Crippen LogP contribution in [0.2, 0.25) is 0 Å². The van der Waals surface area contributed by atoms with E-state index in [9.17, 15) is 13.2 Å². The number of benzene rings is 1. The molecule has 1 saturated heterocycles. The summed E-state index contributed by atoms with van der Waals surface area (Å²) in [5.74, 6) is -3.85. The SMILES string of the molecule is Fc1cc(-n2cncc2C2CCCN2)cc(F)c1F. The molecular formula is C13H12F3N3. The summed E-state index contributed by atoms with van der Waals surface area (Å²) in [5.41, 5.74) is 1.06. The minimum atomic E-state index is -1.45. The van der Waals surface area contributed by atoms with Crippen molar-refractivity contribution < 1.29 is 13.2 Å². The van der Waals surface area contributed by atoms with Gasteiger partial charge < -0.3 is 9.88 Å². The van der Waals surface area contributed by atoms with E-state index in [0.29, 0.717) is 0 Å². The third-order valence-corrected chi connectivity index (χ3v) is 3.33. The molecule has 2 heterocycles. The topological polar surface area (TPSA) is 29.9 Å². The van der Waals surface area contributed by atoms with Crippen LogP contribution in [0.1, 0.15) is 24.6 Å². The summed E-state index contributed by atoms with van der Waals surface area (Å²) in [6.07, 6.45) is 5.11. The molecule has 1 aromatic carbocycles. The van der Waals surface area contributed by atoms with Crippen molar-refractivity contribution in [2.24, 2.45) is 0 Å². The predicted molar refractivity (Wildman–Crippen MR) is 63.4 cm³/mol. The van der Waals surface area contributed by atoms with Crippen LogP contribution in [0.3, 0.4) is 0 Å². The van der Waals surface area contributed by atoms with Gasteiger partial charge in [-0.25, -0.2) is 18.2 Å². The molecule has 1 aromatic heterocycles. The first-order chi connectivity index (χ1) is 9.16. The zero-order chi connectivity index (χ0) is 13.4. The molecule has 1 aliphatic rings. The highest BCUT2D eigenvalue weighted by atomic mass is 19.2. The van der Waals surface area contributed by atoms with E-state index in [-0.39, 0.29) is 11.7 Å². The van der Waals surface area contributed by atoms with Crippen molar-refractivity contribution in [3.8, 4) is 5.69 Å². The quantitative estimate of drug-likeness (QED) is 0.848. The van der Waals surface area contributed by atoms with Gasteiger partial charge in [-0.3, -0.25) is 0 Å². The fraction of sp³-hybridized carbons (Fsp3) is 0.308. The Morgan fingerprint density at radius 3 is 2.58 bits per heavy atom. The number of halogens is 3. The van der Waals surface area contributed by atoms with E-state index in [2.05, 4.69) is 10.3 Å². The summed E-state index contributed by atoms with van der Waals surface area (Å²) in [6, 6.07) is 2.05. The first kappa shape index (κ1) is 12.2. The number of aromatic nitrogens is 2. The molecule has 1 unspecified atom stereocenters. The van der Waals surface area contributed by atoms with Gasteiger partial charge in [0.15, 0.2) is 17.5 Å². The van der Waals surface area contributed by atoms with Crippen LogP contribution in [0.5, 0.6) is 0 Å². The second kappa shape index (κ2) is 4.70. The Balaban J connectivity index is 2.05. The molecule has 0 spiro atoms. The molecule has 1 N–H and O–H groups in total. The van der Waals surface area contributed by atoms with Crippen LogP contribution in [0.4, 0.5) is 13.2 Å². The van der Waals surface area contributed by atoms with Gasteiger partial charge in [0.05, 0.1) is 23.9 Å². The zero-order valence-corrected chi connectivity index (χ0v) is 10.0. The third kappa shape index (κ3) is 2.12. The van der Waals surface area contributed by atoms with Crippen molar-refractivity contribution >= 4 is 0 Å². The molecule has 3 rings (SSSR count). The van der Waals surface area contributed by atoms with Crippen LogP contribution in [0.15, 0.2) is 24.7 Å². The summed E-state index contributed by atoms with van der Waals surface area (Å²) < 4.78 is 41.1. The zero-order valence-electron chi connectivity index (χ0n) is 10.0. The highest BCUT2D eigenvalue weighted by Crippen LogP contribution is 2.26. The molecule has 6 heteroatoms. The molecule has 1 atom stereocenters. The van der Waals surface area contributed by atoms with Crippen molar-refractivity contribution in [3.63, 3.8) is 0 Å². The minimum Gasteiger partial charge on any atom is -0.309 e. The summed E-state index contributed by atoms with van der Waals surface area (Å²) in [5, 5.41) is 3.29. The normalized spacial score (nSPS) is 19.0. The fourth-order valence-corrected chi connectivity index (χ4v) is 2.40. The van der Waals surface area contributed by atoms with Crippen LogP contribution in [-0.2, 0) is 0 Å². The number of hydrogen-bond acceptors (Lipinski definition) is 2. The van der Waals surface area contributed by atoms with Crippen molar-refractivity contribution in [1.29, 1.82) is 0 Å². The maximum atomic E-state index is 13.3. The molecular weight excluding hydrogens is 255 g/mol. The van der Waals surface area contributed by atoms with E-state index < -0.39 is 17.5 Å². The molecule has 0 saturated carbocycles. The molecule has 0 radical (unpaired) electrons.